The van der Waals surface area contributed by atoms with E-state index < -0.39 is 0 Å². The average Bonchev–Trinajstić information content (AvgIpc) is 2.59. The van der Waals surface area contributed by atoms with E-state index in [1.165, 1.54) is 0 Å². The third-order valence-corrected chi connectivity index (χ3v) is 4.06. The quantitative estimate of drug-likeness (QED) is 0.620. The van der Waals surface area contributed by atoms with E-state index in [0.29, 0.717) is 21.8 Å². The van der Waals surface area contributed by atoms with Crippen LogP contribution in [0.5, 0.6) is 0 Å². The zero-order valence-corrected chi connectivity index (χ0v) is 14.6. The first-order valence-electron chi connectivity index (χ1n) is 7.56. The van der Waals surface area contributed by atoms with Crippen LogP contribution in [0.4, 0.5) is 17.5 Å². The first kappa shape index (κ1) is 16.6. The molecule has 0 saturated carbocycles. The van der Waals surface area contributed by atoms with Crippen LogP contribution in [-0.4, -0.2) is 16.5 Å². The van der Waals surface area contributed by atoms with Crippen molar-refractivity contribution in [2.75, 3.05) is 17.2 Å². The molecule has 2 N–H and O–H groups in total. The summed E-state index contributed by atoms with van der Waals surface area (Å²) in [4.78, 5) is 9.04. The molecule has 4 nitrogen and oxygen atoms in total. The molecular weight excluding hydrogens is 343 g/mol. The predicted molar refractivity (Wildman–Crippen MR) is 101 cm³/mol. The average molecular weight is 359 g/mol. The van der Waals surface area contributed by atoms with Crippen LogP contribution in [0.1, 0.15) is 6.92 Å². The van der Waals surface area contributed by atoms with Crippen LogP contribution in [0.2, 0.25) is 10.0 Å². The van der Waals surface area contributed by atoms with Gasteiger partial charge in [0.05, 0.1) is 15.7 Å². The molecule has 0 spiro atoms. The van der Waals surface area contributed by atoms with Crippen LogP contribution in [0.3, 0.4) is 0 Å². The molecule has 0 aliphatic heterocycles. The largest absolute Gasteiger partial charge is 0.354 e. The molecule has 6 heteroatoms. The molecule has 0 radical (unpaired) electrons. The lowest BCUT2D eigenvalue weighted by molar-refractivity contribution is 1.09. The van der Waals surface area contributed by atoms with Crippen molar-refractivity contribution in [1.82, 2.24) is 9.97 Å². The van der Waals surface area contributed by atoms with Gasteiger partial charge in [-0.1, -0.05) is 53.5 Å². The van der Waals surface area contributed by atoms with Crippen LogP contribution in [0.25, 0.3) is 11.3 Å². The van der Waals surface area contributed by atoms with Crippen molar-refractivity contribution in [3.05, 3.63) is 64.6 Å². The summed E-state index contributed by atoms with van der Waals surface area (Å²) in [6.07, 6.45) is 0. The maximum atomic E-state index is 6.07. The molecule has 2 aromatic carbocycles. The number of hydrogen-bond donors (Lipinski definition) is 2. The summed E-state index contributed by atoms with van der Waals surface area (Å²) in [5.74, 6) is 1.25. The Morgan fingerprint density at radius 3 is 2.42 bits per heavy atom. The Morgan fingerprint density at radius 1 is 0.917 bits per heavy atom. The van der Waals surface area contributed by atoms with Crippen molar-refractivity contribution >= 4 is 40.7 Å². The van der Waals surface area contributed by atoms with Gasteiger partial charge in [0.25, 0.3) is 0 Å². The second-order valence-corrected chi connectivity index (χ2v) is 5.93. The standard InChI is InChI=1S/C18H16Cl2N4/c1-2-21-18-23-16(12-6-4-3-5-7-12)11-17(24-18)22-13-8-9-14(19)15(20)10-13/h3-11H,2H2,1H3,(H2,21,22,23,24). The Labute approximate surface area is 150 Å². The number of hydrogen-bond acceptors (Lipinski definition) is 4. The second kappa shape index (κ2) is 7.51. The fourth-order valence-corrected chi connectivity index (χ4v) is 2.53. The summed E-state index contributed by atoms with van der Waals surface area (Å²) in [5, 5.41) is 7.41. The smallest absolute Gasteiger partial charge is 0.225 e. The molecule has 0 amide bonds. The summed E-state index contributed by atoms with van der Waals surface area (Å²) in [6, 6.07) is 17.2. The normalized spacial score (nSPS) is 10.5. The molecule has 1 heterocycles. The minimum absolute atomic E-state index is 0.492. The van der Waals surface area contributed by atoms with E-state index in [-0.39, 0.29) is 0 Å². The molecule has 3 aromatic rings. The molecule has 1 aromatic heterocycles. The third kappa shape index (κ3) is 3.96. The molecule has 24 heavy (non-hydrogen) atoms. The minimum Gasteiger partial charge on any atom is -0.354 e. The summed E-state index contributed by atoms with van der Waals surface area (Å²) < 4.78 is 0. The Bertz CT molecular complexity index is 838. The van der Waals surface area contributed by atoms with E-state index in [4.69, 9.17) is 23.2 Å². The summed E-state index contributed by atoms with van der Waals surface area (Å²) >= 11 is 12.0. The topological polar surface area (TPSA) is 49.8 Å². The van der Waals surface area contributed by atoms with Crippen LogP contribution in [0, 0.1) is 0 Å². The monoisotopic (exact) mass is 358 g/mol. The molecule has 0 bridgehead atoms. The lowest BCUT2D eigenvalue weighted by atomic mass is 10.1. The van der Waals surface area contributed by atoms with Crippen LogP contribution in [-0.2, 0) is 0 Å². The minimum atomic E-state index is 0.492. The van der Waals surface area contributed by atoms with Gasteiger partial charge in [0.15, 0.2) is 0 Å². The summed E-state index contributed by atoms with van der Waals surface area (Å²) in [7, 11) is 0. The van der Waals surface area contributed by atoms with E-state index in [1.54, 1.807) is 12.1 Å². The van der Waals surface area contributed by atoms with Gasteiger partial charge >= 0.3 is 0 Å². The molecule has 0 fully saturated rings. The van der Waals surface area contributed by atoms with Gasteiger partial charge in [0.2, 0.25) is 5.95 Å². The zero-order valence-electron chi connectivity index (χ0n) is 13.1. The van der Waals surface area contributed by atoms with E-state index in [1.807, 2.05) is 49.4 Å². The van der Waals surface area contributed by atoms with Gasteiger partial charge < -0.3 is 10.6 Å². The highest BCUT2D eigenvalue weighted by atomic mass is 35.5. The lowest BCUT2D eigenvalue weighted by Gasteiger charge is -2.11. The molecular formula is C18H16Cl2N4. The highest BCUT2D eigenvalue weighted by Gasteiger charge is 2.07. The van der Waals surface area contributed by atoms with Crippen LogP contribution < -0.4 is 10.6 Å². The number of benzene rings is 2. The first-order chi connectivity index (χ1) is 11.7. The number of nitrogens with zero attached hydrogens (tertiary/aromatic N) is 2. The second-order valence-electron chi connectivity index (χ2n) is 5.11. The number of aromatic nitrogens is 2. The maximum absolute atomic E-state index is 6.07. The van der Waals surface area contributed by atoms with Crippen LogP contribution >= 0.6 is 23.2 Å². The molecule has 0 aliphatic rings. The SMILES string of the molecule is CCNc1nc(Nc2ccc(Cl)c(Cl)c2)cc(-c2ccccc2)n1. The van der Waals surface area contributed by atoms with Crippen molar-refractivity contribution in [2.45, 2.75) is 6.92 Å². The molecule has 3 rings (SSSR count). The molecule has 0 atom stereocenters. The Kier molecular flexibility index (Phi) is 5.18. The fourth-order valence-electron chi connectivity index (χ4n) is 2.23. The van der Waals surface area contributed by atoms with Crippen LogP contribution in [0.15, 0.2) is 54.6 Å². The molecule has 122 valence electrons. The maximum Gasteiger partial charge on any atom is 0.225 e. The molecule has 0 unspecified atom stereocenters. The van der Waals surface area contributed by atoms with Gasteiger partial charge in [-0.2, -0.15) is 4.98 Å². The highest BCUT2D eigenvalue weighted by molar-refractivity contribution is 6.42. The fraction of sp³-hybridized carbons (Fsp3) is 0.111. The molecule has 0 aliphatic carbocycles. The van der Waals surface area contributed by atoms with Crippen molar-refractivity contribution in [2.24, 2.45) is 0 Å². The van der Waals surface area contributed by atoms with Gasteiger partial charge in [-0.25, -0.2) is 4.98 Å². The van der Waals surface area contributed by atoms with Crippen molar-refractivity contribution in [1.29, 1.82) is 0 Å². The van der Waals surface area contributed by atoms with Crippen molar-refractivity contribution in [3.8, 4) is 11.3 Å². The van der Waals surface area contributed by atoms with Gasteiger partial charge in [0, 0.05) is 23.9 Å². The third-order valence-electron chi connectivity index (χ3n) is 3.32. The number of anilines is 3. The van der Waals surface area contributed by atoms with Crippen molar-refractivity contribution in [3.63, 3.8) is 0 Å². The van der Waals surface area contributed by atoms with E-state index >= 15 is 0 Å². The lowest BCUT2D eigenvalue weighted by Crippen LogP contribution is -2.05. The predicted octanol–water partition coefficient (Wildman–Crippen LogP) is 5.63. The van der Waals surface area contributed by atoms with Gasteiger partial charge in [-0.3, -0.25) is 0 Å². The highest BCUT2D eigenvalue weighted by Crippen LogP contribution is 2.28. The zero-order chi connectivity index (χ0) is 16.9. The van der Waals surface area contributed by atoms with Gasteiger partial charge in [0.1, 0.15) is 5.82 Å². The van der Waals surface area contributed by atoms with E-state index in [9.17, 15) is 0 Å². The number of rotatable bonds is 5. The molecule has 0 saturated heterocycles. The van der Waals surface area contributed by atoms with Gasteiger partial charge in [-0.05, 0) is 25.1 Å². The Balaban J connectivity index is 1.97. The Morgan fingerprint density at radius 2 is 1.71 bits per heavy atom. The van der Waals surface area contributed by atoms with E-state index in [0.717, 1.165) is 23.5 Å². The first-order valence-corrected chi connectivity index (χ1v) is 8.32. The Hall–Kier alpha value is -2.30. The number of halogens is 2. The number of nitrogens with one attached hydrogen (secondary N) is 2. The summed E-state index contributed by atoms with van der Waals surface area (Å²) in [5.41, 5.74) is 2.67. The van der Waals surface area contributed by atoms with E-state index in [2.05, 4.69) is 20.6 Å². The summed E-state index contributed by atoms with van der Waals surface area (Å²) in [6.45, 7) is 2.75. The van der Waals surface area contributed by atoms with Crippen molar-refractivity contribution < 1.29 is 0 Å². The van der Waals surface area contributed by atoms with Gasteiger partial charge in [-0.15, -0.1) is 0 Å².